The predicted molar refractivity (Wildman–Crippen MR) is 70.8 cm³/mol. The fourth-order valence-electron chi connectivity index (χ4n) is 1.84. The molecule has 2 rings (SSSR count). The lowest BCUT2D eigenvalue weighted by Gasteiger charge is -2.12. The average molecular weight is 313 g/mol. The van der Waals surface area contributed by atoms with Crippen molar-refractivity contribution in [3.63, 3.8) is 0 Å². The first-order chi connectivity index (χ1) is 8.49. The highest BCUT2D eigenvalue weighted by molar-refractivity contribution is 9.10. The van der Waals surface area contributed by atoms with Crippen molar-refractivity contribution in [2.24, 2.45) is 0 Å². The van der Waals surface area contributed by atoms with E-state index in [2.05, 4.69) is 21.0 Å². The molecule has 96 valence electrons. The standard InChI is InChI=1S/C13H14BrFN2O/c1-8-13(14)9(2)17(16-8)7-12(18)10-4-3-5-11(15)6-10/h3-6,12,18H,7H2,1-2H3. The Labute approximate surface area is 113 Å². The predicted octanol–water partition coefficient (Wildman–Crippen LogP) is 3.14. The molecular weight excluding hydrogens is 299 g/mol. The van der Waals surface area contributed by atoms with E-state index in [9.17, 15) is 9.50 Å². The van der Waals surface area contributed by atoms with E-state index in [0.717, 1.165) is 15.9 Å². The third kappa shape index (κ3) is 2.62. The van der Waals surface area contributed by atoms with Crippen molar-refractivity contribution >= 4 is 15.9 Å². The van der Waals surface area contributed by atoms with Crippen LogP contribution >= 0.6 is 15.9 Å². The fourth-order valence-corrected chi connectivity index (χ4v) is 2.12. The number of nitrogens with zero attached hydrogens (tertiary/aromatic N) is 2. The molecule has 0 saturated carbocycles. The zero-order valence-electron chi connectivity index (χ0n) is 10.2. The van der Waals surface area contributed by atoms with Crippen molar-refractivity contribution in [2.75, 3.05) is 0 Å². The molecule has 2 aromatic rings. The van der Waals surface area contributed by atoms with Crippen LogP contribution < -0.4 is 0 Å². The number of aryl methyl sites for hydroxylation is 1. The van der Waals surface area contributed by atoms with Gasteiger partial charge in [-0.05, 0) is 47.5 Å². The van der Waals surface area contributed by atoms with Crippen molar-refractivity contribution in [1.29, 1.82) is 0 Å². The Hall–Kier alpha value is -1.20. The monoisotopic (exact) mass is 312 g/mol. The lowest BCUT2D eigenvalue weighted by atomic mass is 10.1. The van der Waals surface area contributed by atoms with Crippen molar-refractivity contribution in [3.8, 4) is 0 Å². The van der Waals surface area contributed by atoms with Gasteiger partial charge in [-0.2, -0.15) is 5.10 Å². The summed E-state index contributed by atoms with van der Waals surface area (Å²) < 4.78 is 15.7. The molecule has 1 atom stereocenters. The number of aliphatic hydroxyl groups excluding tert-OH is 1. The van der Waals surface area contributed by atoms with Gasteiger partial charge in [0.15, 0.2) is 0 Å². The number of halogens is 2. The minimum atomic E-state index is -0.773. The lowest BCUT2D eigenvalue weighted by Crippen LogP contribution is -2.11. The van der Waals surface area contributed by atoms with E-state index < -0.39 is 6.10 Å². The van der Waals surface area contributed by atoms with Gasteiger partial charge in [-0.3, -0.25) is 4.68 Å². The van der Waals surface area contributed by atoms with E-state index in [-0.39, 0.29) is 5.82 Å². The summed E-state index contributed by atoms with van der Waals surface area (Å²) in [5.41, 5.74) is 2.38. The van der Waals surface area contributed by atoms with Crippen LogP contribution in [-0.4, -0.2) is 14.9 Å². The van der Waals surface area contributed by atoms with Crippen LogP contribution in [-0.2, 0) is 6.54 Å². The lowest BCUT2D eigenvalue weighted by molar-refractivity contribution is 0.150. The number of rotatable bonds is 3. The van der Waals surface area contributed by atoms with E-state index in [1.165, 1.54) is 12.1 Å². The molecule has 1 N–H and O–H groups in total. The van der Waals surface area contributed by atoms with Crippen molar-refractivity contribution in [2.45, 2.75) is 26.5 Å². The van der Waals surface area contributed by atoms with E-state index in [1.807, 2.05) is 13.8 Å². The van der Waals surface area contributed by atoms with Gasteiger partial charge in [0.25, 0.3) is 0 Å². The number of aliphatic hydroxyl groups is 1. The van der Waals surface area contributed by atoms with Gasteiger partial charge >= 0.3 is 0 Å². The molecule has 5 heteroatoms. The van der Waals surface area contributed by atoms with Gasteiger partial charge in [-0.15, -0.1) is 0 Å². The molecule has 0 aliphatic heterocycles. The van der Waals surface area contributed by atoms with E-state index in [4.69, 9.17) is 0 Å². The molecule has 1 unspecified atom stereocenters. The largest absolute Gasteiger partial charge is 0.386 e. The van der Waals surface area contributed by atoms with E-state index in [1.54, 1.807) is 16.8 Å². The van der Waals surface area contributed by atoms with Gasteiger partial charge in [0, 0.05) is 5.69 Å². The van der Waals surface area contributed by atoms with Crippen molar-refractivity contribution < 1.29 is 9.50 Å². The third-order valence-electron chi connectivity index (χ3n) is 2.87. The summed E-state index contributed by atoms with van der Waals surface area (Å²) in [6.45, 7) is 4.12. The summed E-state index contributed by atoms with van der Waals surface area (Å²) in [5.74, 6) is -0.346. The summed E-state index contributed by atoms with van der Waals surface area (Å²) in [6, 6.07) is 5.99. The Kier molecular flexibility index (Phi) is 3.82. The summed E-state index contributed by atoms with van der Waals surface area (Å²) in [7, 11) is 0. The SMILES string of the molecule is Cc1nn(CC(O)c2cccc(F)c2)c(C)c1Br. The molecule has 3 nitrogen and oxygen atoms in total. The third-order valence-corrected chi connectivity index (χ3v) is 4.02. The topological polar surface area (TPSA) is 38.0 Å². The highest BCUT2D eigenvalue weighted by Gasteiger charge is 2.14. The maximum absolute atomic E-state index is 13.1. The highest BCUT2D eigenvalue weighted by atomic mass is 79.9. The van der Waals surface area contributed by atoms with Gasteiger partial charge in [0.2, 0.25) is 0 Å². The Morgan fingerprint density at radius 3 is 2.72 bits per heavy atom. The normalized spacial score (nSPS) is 12.7. The number of benzene rings is 1. The van der Waals surface area contributed by atoms with Crippen molar-refractivity contribution in [3.05, 3.63) is 51.5 Å². The van der Waals surface area contributed by atoms with Gasteiger partial charge < -0.3 is 5.11 Å². The fraction of sp³-hybridized carbons (Fsp3) is 0.308. The molecule has 1 heterocycles. The molecule has 0 aliphatic rings. The Balaban J connectivity index is 2.21. The van der Waals surface area contributed by atoms with Crippen LogP contribution in [0.5, 0.6) is 0 Å². The maximum Gasteiger partial charge on any atom is 0.123 e. The first kappa shape index (κ1) is 13.2. The molecule has 0 aliphatic carbocycles. The molecule has 0 radical (unpaired) electrons. The quantitative estimate of drug-likeness (QED) is 0.945. The molecule has 0 bridgehead atoms. The van der Waals surface area contributed by atoms with Crippen LogP contribution in [0.3, 0.4) is 0 Å². The van der Waals surface area contributed by atoms with Crippen LogP contribution in [0.1, 0.15) is 23.1 Å². The second-order valence-corrected chi connectivity index (χ2v) is 5.03. The average Bonchev–Trinajstić information content (AvgIpc) is 2.57. The van der Waals surface area contributed by atoms with Gasteiger partial charge in [0.05, 0.1) is 22.8 Å². The summed E-state index contributed by atoms with van der Waals surface area (Å²) in [4.78, 5) is 0. The summed E-state index contributed by atoms with van der Waals surface area (Å²) >= 11 is 3.43. The Bertz CT molecular complexity index is 568. The molecule has 18 heavy (non-hydrogen) atoms. The van der Waals surface area contributed by atoms with Crippen LogP contribution in [0.25, 0.3) is 0 Å². The highest BCUT2D eigenvalue weighted by Crippen LogP contribution is 2.22. The molecule has 1 aromatic heterocycles. The smallest absolute Gasteiger partial charge is 0.123 e. The zero-order chi connectivity index (χ0) is 13.3. The summed E-state index contributed by atoms with van der Waals surface area (Å²) in [6.07, 6.45) is -0.773. The van der Waals surface area contributed by atoms with Crippen LogP contribution in [0, 0.1) is 19.7 Å². The van der Waals surface area contributed by atoms with Crippen LogP contribution in [0.15, 0.2) is 28.7 Å². The van der Waals surface area contributed by atoms with Gasteiger partial charge in [-0.1, -0.05) is 12.1 Å². The molecule has 0 amide bonds. The number of hydrogen-bond donors (Lipinski definition) is 1. The Morgan fingerprint density at radius 2 is 2.17 bits per heavy atom. The molecule has 1 aromatic carbocycles. The zero-order valence-corrected chi connectivity index (χ0v) is 11.8. The Morgan fingerprint density at radius 1 is 1.44 bits per heavy atom. The molecule has 0 spiro atoms. The second-order valence-electron chi connectivity index (χ2n) is 4.24. The first-order valence-corrected chi connectivity index (χ1v) is 6.41. The van der Waals surface area contributed by atoms with E-state index in [0.29, 0.717) is 12.1 Å². The number of hydrogen-bond acceptors (Lipinski definition) is 2. The second kappa shape index (κ2) is 5.20. The van der Waals surface area contributed by atoms with Crippen LogP contribution in [0.2, 0.25) is 0 Å². The minimum Gasteiger partial charge on any atom is -0.386 e. The van der Waals surface area contributed by atoms with Gasteiger partial charge in [0.1, 0.15) is 5.82 Å². The molecule has 0 fully saturated rings. The van der Waals surface area contributed by atoms with Crippen molar-refractivity contribution in [1.82, 2.24) is 9.78 Å². The number of aromatic nitrogens is 2. The summed E-state index contributed by atoms with van der Waals surface area (Å²) in [5, 5.41) is 14.4. The first-order valence-electron chi connectivity index (χ1n) is 5.62. The van der Waals surface area contributed by atoms with Gasteiger partial charge in [-0.25, -0.2) is 4.39 Å². The molecule has 0 saturated heterocycles. The van der Waals surface area contributed by atoms with E-state index >= 15 is 0 Å². The molecular formula is C13H14BrFN2O. The maximum atomic E-state index is 13.1. The minimum absolute atomic E-state index is 0.307. The van der Waals surface area contributed by atoms with Crippen LogP contribution in [0.4, 0.5) is 4.39 Å².